The Morgan fingerprint density at radius 1 is 1.46 bits per heavy atom. The minimum absolute atomic E-state index is 0.0504. The van der Waals surface area contributed by atoms with Gasteiger partial charge in [0.15, 0.2) is 6.29 Å². The molecule has 0 N–H and O–H groups in total. The van der Waals surface area contributed by atoms with E-state index in [9.17, 15) is 14.9 Å². The van der Waals surface area contributed by atoms with Gasteiger partial charge < -0.3 is 0 Å². The first kappa shape index (κ1) is 11.4. The lowest BCUT2D eigenvalue weighted by atomic mass is 10.1. The molecule has 0 aliphatic rings. The Balaban J connectivity index is 5.24. The van der Waals surface area contributed by atoms with E-state index >= 15 is 0 Å². The zero-order valence-corrected chi connectivity index (χ0v) is 7.14. The molecule has 0 atom stereocenters. The van der Waals surface area contributed by atoms with Gasteiger partial charge in [-0.15, -0.1) is 5.98 Å². The average Bonchev–Trinajstić information content (AvgIpc) is 2.10. The Kier molecular flexibility index (Phi) is 5.19. The molecule has 5 heteroatoms. The van der Waals surface area contributed by atoms with Crippen molar-refractivity contribution < 1.29 is 9.72 Å². The van der Waals surface area contributed by atoms with Crippen LogP contribution in [-0.4, -0.2) is 19.1 Å². The molecule has 2 radical (unpaired) electrons. The molecule has 0 amide bonds. The molecule has 0 aromatic heterocycles. The highest BCUT2D eigenvalue weighted by Crippen LogP contribution is 2.06. The number of hydrogen-bond donors (Lipinski definition) is 0. The topological polar surface area (TPSA) is 60.2 Å². The number of nitro groups is 1. The first-order valence-corrected chi connectivity index (χ1v) is 3.52. The summed E-state index contributed by atoms with van der Waals surface area (Å²) in [7, 11) is 5.02. The molecule has 0 saturated carbocycles. The molecule has 0 spiro atoms. The average molecular weight is 177 g/mol. The summed E-state index contributed by atoms with van der Waals surface area (Å²) in [5.74, 6) is 1.08. The van der Waals surface area contributed by atoms with E-state index in [0.717, 1.165) is 5.98 Å². The third kappa shape index (κ3) is 3.51. The molecule has 0 aromatic carbocycles. The van der Waals surface area contributed by atoms with E-state index in [1.165, 1.54) is 18.2 Å². The second-order valence-corrected chi connectivity index (χ2v) is 2.07. The number of carbonyl (C=O) groups is 1. The summed E-state index contributed by atoms with van der Waals surface area (Å²) < 4.78 is 0. The van der Waals surface area contributed by atoms with Crippen LogP contribution in [0.15, 0.2) is 35.5 Å². The van der Waals surface area contributed by atoms with Gasteiger partial charge in [0, 0.05) is 6.08 Å². The quantitative estimate of drug-likeness (QED) is 0.160. The lowest BCUT2D eigenvalue weighted by Crippen LogP contribution is -2.00. The lowest BCUT2D eigenvalue weighted by Gasteiger charge is -1.92. The molecule has 13 heavy (non-hydrogen) atoms. The minimum atomic E-state index is -0.635. The van der Waals surface area contributed by atoms with Gasteiger partial charge in [-0.3, -0.25) is 14.9 Å². The highest BCUT2D eigenvalue weighted by Gasteiger charge is 2.11. The number of allylic oxidation sites excluding steroid dienone is 4. The molecular formula is C8H8BNO3. The van der Waals surface area contributed by atoms with Gasteiger partial charge >= 0.3 is 0 Å². The Morgan fingerprint density at radius 2 is 2.08 bits per heavy atom. The number of rotatable bonds is 4. The van der Waals surface area contributed by atoms with E-state index in [2.05, 4.69) is 0 Å². The third-order valence-corrected chi connectivity index (χ3v) is 1.22. The van der Waals surface area contributed by atoms with Crippen LogP contribution in [0.25, 0.3) is 0 Å². The molecule has 0 bridgehead atoms. The van der Waals surface area contributed by atoms with Crippen LogP contribution in [-0.2, 0) is 4.79 Å². The molecule has 66 valence electrons. The number of aldehydes is 1. The summed E-state index contributed by atoms with van der Waals surface area (Å²) in [4.78, 5) is 20.2. The van der Waals surface area contributed by atoms with Crippen molar-refractivity contribution in [1.29, 1.82) is 0 Å². The van der Waals surface area contributed by atoms with Crippen LogP contribution in [0.3, 0.4) is 0 Å². The third-order valence-electron chi connectivity index (χ3n) is 1.22. The van der Waals surface area contributed by atoms with Gasteiger partial charge in [0.25, 0.3) is 5.70 Å². The van der Waals surface area contributed by atoms with Gasteiger partial charge in [0.2, 0.25) is 0 Å². The van der Waals surface area contributed by atoms with Crippen LogP contribution in [0.2, 0.25) is 0 Å². The maximum atomic E-state index is 10.4. The van der Waals surface area contributed by atoms with E-state index in [-0.39, 0.29) is 11.3 Å². The predicted molar refractivity (Wildman–Crippen MR) is 49.8 cm³/mol. The van der Waals surface area contributed by atoms with Crippen molar-refractivity contribution >= 4 is 14.1 Å². The van der Waals surface area contributed by atoms with E-state index < -0.39 is 4.92 Å². The second kappa shape index (κ2) is 5.94. The van der Waals surface area contributed by atoms with Crippen molar-refractivity contribution in [1.82, 2.24) is 0 Å². The fourth-order valence-electron chi connectivity index (χ4n) is 0.709. The molecule has 0 rings (SSSR count). The maximum Gasteiger partial charge on any atom is 0.279 e. The van der Waals surface area contributed by atoms with Crippen LogP contribution in [0.5, 0.6) is 0 Å². The summed E-state index contributed by atoms with van der Waals surface area (Å²) in [5, 5.41) is 10.4. The molecule has 0 saturated heterocycles. The van der Waals surface area contributed by atoms with E-state index in [4.69, 9.17) is 7.85 Å². The van der Waals surface area contributed by atoms with Crippen molar-refractivity contribution in [2.24, 2.45) is 0 Å². The van der Waals surface area contributed by atoms with E-state index in [1.54, 1.807) is 6.92 Å². The summed E-state index contributed by atoms with van der Waals surface area (Å²) in [6, 6.07) is 0. The van der Waals surface area contributed by atoms with Crippen LogP contribution in [0.1, 0.15) is 6.92 Å². The molecule has 0 aromatic rings. The minimum Gasteiger partial charge on any atom is -0.298 e. The molecule has 0 aliphatic heterocycles. The van der Waals surface area contributed by atoms with E-state index in [0.29, 0.717) is 6.29 Å². The predicted octanol–water partition coefficient (Wildman–Crippen LogP) is 0.974. The smallest absolute Gasteiger partial charge is 0.279 e. The maximum absolute atomic E-state index is 10.4. The molecular weight excluding hydrogens is 169 g/mol. The van der Waals surface area contributed by atoms with Gasteiger partial charge in [-0.2, -0.15) is 0 Å². The SMILES string of the molecule is [B]/C=C/C(C=O)=C(\C=C/C)[N+](=O)[O-]. The molecule has 0 unspecified atom stereocenters. The zero-order chi connectivity index (χ0) is 10.3. The van der Waals surface area contributed by atoms with Crippen LogP contribution >= 0.6 is 0 Å². The molecule has 0 heterocycles. The largest absolute Gasteiger partial charge is 0.298 e. The van der Waals surface area contributed by atoms with Crippen molar-refractivity contribution in [3.63, 3.8) is 0 Å². The summed E-state index contributed by atoms with van der Waals surface area (Å²) in [6.45, 7) is 1.62. The summed E-state index contributed by atoms with van der Waals surface area (Å²) in [5.41, 5.74) is -0.315. The Bertz CT molecular complexity index is 292. The van der Waals surface area contributed by atoms with Crippen molar-refractivity contribution in [3.8, 4) is 0 Å². The zero-order valence-electron chi connectivity index (χ0n) is 7.14. The molecule has 4 nitrogen and oxygen atoms in total. The normalized spacial score (nSPS) is 13.3. The van der Waals surface area contributed by atoms with Crippen molar-refractivity contribution in [2.45, 2.75) is 6.92 Å². The fraction of sp³-hybridized carbons (Fsp3) is 0.125. The molecule has 0 aliphatic carbocycles. The van der Waals surface area contributed by atoms with Crippen molar-refractivity contribution in [3.05, 3.63) is 45.6 Å². The van der Waals surface area contributed by atoms with Crippen LogP contribution < -0.4 is 0 Å². The Labute approximate surface area is 77.2 Å². The Hall–Kier alpha value is -1.65. The fourth-order valence-corrected chi connectivity index (χ4v) is 0.709. The molecule has 0 fully saturated rings. The Morgan fingerprint density at radius 3 is 2.38 bits per heavy atom. The first-order valence-electron chi connectivity index (χ1n) is 3.52. The monoisotopic (exact) mass is 177 g/mol. The van der Waals surface area contributed by atoms with E-state index in [1.807, 2.05) is 0 Å². The van der Waals surface area contributed by atoms with Gasteiger partial charge in [-0.25, -0.2) is 0 Å². The van der Waals surface area contributed by atoms with Gasteiger partial charge in [0.1, 0.15) is 7.85 Å². The van der Waals surface area contributed by atoms with Gasteiger partial charge in [-0.05, 0) is 6.92 Å². The standard InChI is InChI=1S/C8H8BNO3/c1-2-3-8(10(12)13)7(6-11)4-5-9/h2-6H,1H3/b3-2-,5-4+,8-7-. The second-order valence-electron chi connectivity index (χ2n) is 2.07. The highest BCUT2D eigenvalue weighted by molar-refractivity contribution is 6.17. The van der Waals surface area contributed by atoms with Gasteiger partial charge in [-0.1, -0.05) is 12.2 Å². The number of carbonyl (C=O) groups excluding carboxylic acids is 1. The van der Waals surface area contributed by atoms with Crippen LogP contribution in [0.4, 0.5) is 0 Å². The first-order chi connectivity index (χ1) is 6.17. The van der Waals surface area contributed by atoms with Crippen molar-refractivity contribution in [2.75, 3.05) is 0 Å². The lowest BCUT2D eigenvalue weighted by molar-refractivity contribution is -0.419. The number of hydrogen-bond acceptors (Lipinski definition) is 3. The summed E-state index contributed by atoms with van der Waals surface area (Å²) in [6.07, 6.45) is 4.29. The van der Waals surface area contributed by atoms with Crippen LogP contribution in [0, 0.1) is 10.1 Å². The number of nitrogens with zero attached hydrogens (tertiary/aromatic N) is 1. The summed E-state index contributed by atoms with van der Waals surface area (Å²) >= 11 is 0. The highest BCUT2D eigenvalue weighted by atomic mass is 16.6. The van der Waals surface area contributed by atoms with Gasteiger partial charge in [0.05, 0.1) is 10.5 Å².